The highest BCUT2D eigenvalue weighted by Crippen LogP contribution is 2.57. The molecule has 1 aliphatic heterocycles. The molecule has 11 heteroatoms. The van der Waals surface area contributed by atoms with Gasteiger partial charge < -0.3 is 15.8 Å². The molecule has 0 bridgehead atoms. The molecule has 3 rings (SSSR count). The maximum Gasteiger partial charge on any atom is 0.275 e. The number of halogens is 3. The molecule has 0 radical (unpaired) electrons. The van der Waals surface area contributed by atoms with E-state index in [1.165, 1.54) is 24.9 Å². The van der Waals surface area contributed by atoms with E-state index in [4.69, 9.17) is 16.9 Å². The predicted octanol–water partition coefficient (Wildman–Crippen LogP) is 2.99. The van der Waals surface area contributed by atoms with Crippen LogP contribution in [-0.2, 0) is 0 Å². The molecule has 2 heterocycles. The van der Waals surface area contributed by atoms with Crippen LogP contribution in [0.4, 0.5) is 13.2 Å². The van der Waals surface area contributed by atoms with E-state index in [0.717, 1.165) is 12.3 Å². The number of aliphatic imine (C=N–C) groups is 1. The summed E-state index contributed by atoms with van der Waals surface area (Å²) in [6.07, 6.45) is 8.76. The average molecular weight is 463 g/mol. The van der Waals surface area contributed by atoms with Gasteiger partial charge in [0.25, 0.3) is 5.91 Å². The number of terminal acetylenes is 1. The number of hydrogen-bond donors (Lipinski definition) is 2. The van der Waals surface area contributed by atoms with Gasteiger partial charge in [-0.25, -0.2) is 28.1 Å². The summed E-state index contributed by atoms with van der Waals surface area (Å²) in [5.74, 6) is -1.29. The lowest BCUT2D eigenvalue weighted by Gasteiger charge is -2.32. The number of thioether (sulfide) groups is 1. The third kappa shape index (κ3) is 4.80. The second kappa shape index (κ2) is 9.48. The molecular weight excluding hydrogens is 443 g/mol. The van der Waals surface area contributed by atoms with E-state index >= 15 is 0 Å². The highest BCUT2D eigenvalue weighted by atomic mass is 32.2. The van der Waals surface area contributed by atoms with Crippen LogP contribution in [0.15, 0.2) is 53.0 Å². The van der Waals surface area contributed by atoms with E-state index in [0.29, 0.717) is 6.42 Å². The van der Waals surface area contributed by atoms with Crippen molar-refractivity contribution in [3.8, 4) is 18.2 Å². The van der Waals surface area contributed by atoms with Crippen LogP contribution in [0, 0.1) is 18.3 Å². The van der Waals surface area contributed by atoms with Crippen LogP contribution in [0.1, 0.15) is 23.8 Å². The minimum Gasteiger partial charge on any atom is -0.463 e. The molecule has 1 amide bonds. The SMILES string of the molecule is C#CCOc1cnc(C(=O)N/C(C)=C/C(F)=C(/F)C(=C)[C@@]2(CF)N=C(N)S[C@H]3C[C@H]32)cn1. The molecule has 3 N–H and O–H groups in total. The van der Waals surface area contributed by atoms with Crippen molar-refractivity contribution in [3.05, 3.63) is 53.7 Å². The summed E-state index contributed by atoms with van der Waals surface area (Å²) >= 11 is 1.29. The lowest BCUT2D eigenvalue weighted by molar-refractivity contribution is 0.0960. The lowest BCUT2D eigenvalue weighted by Crippen LogP contribution is -2.40. The van der Waals surface area contributed by atoms with Crippen molar-refractivity contribution in [1.29, 1.82) is 0 Å². The van der Waals surface area contributed by atoms with E-state index in [-0.39, 0.29) is 40.2 Å². The topological polar surface area (TPSA) is 102 Å². The summed E-state index contributed by atoms with van der Waals surface area (Å²) in [5, 5.41) is 2.49. The van der Waals surface area contributed by atoms with Gasteiger partial charge in [0.2, 0.25) is 5.88 Å². The number of hydrogen-bond acceptors (Lipinski definition) is 7. The lowest BCUT2D eigenvalue weighted by atomic mass is 9.86. The molecule has 1 aromatic rings. The molecule has 7 nitrogen and oxygen atoms in total. The zero-order valence-electron chi connectivity index (χ0n) is 17.1. The fourth-order valence-electron chi connectivity index (χ4n) is 3.26. The number of nitrogens with one attached hydrogen (secondary N) is 1. The monoisotopic (exact) mass is 463 g/mol. The molecule has 0 aromatic carbocycles. The Morgan fingerprint density at radius 2 is 2.25 bits per heavy atom. The standard InChI is InChI=1S/C21H20F3N5O2S/c1-4-5-31-17-9-26-15(8-27-17)19(30)28-11(2)6-14(23)18(24)12(3)21(10-22)13-7-16(13)32-20(25)29-21/h1,6,8-9,13,16H,3,5,7,10H2,2H3,(H2,25,29)(H,28,30)/b11-6+,18-14-/t13-,16+,21-/m1/s1. The van der Waals surface area contributed by atoms with Gasteiger partial charge in [0.05, 0.1) is 12.4 Å². The summed E-state index contributed by atoms with van der Waals surface area (Å²) in [6.45, 7) is 3.85. The number of nitrogens with two attached hydrogens (primary N) is 1. The molecule has 168 valence electrons. The molecule has 1 saturated carbocycles. The molecular formula is C21H20F3N5O2S. The van der Waals surface area contributed by atoms with Gasteiger partial charge in [-0.15, -0.1) is 6.42 Å². The van der Waals surface area contributed by atoms with Crippen molar-refractivity contribution in [3.63, 3.8) is 0 Å². The molecule has 2 aliphatic rings. The first-order chi connectivity index (χ1) is 15.2. The van der Waals surface area contributed by atoms with Crippen LogP contribution in [0.2, 0.25) is 0 Å². The Morgan fingerprint density at radius 1 is 1.50 bits per heavy atom. The van der Waals surface area contributed by atoms with E-state index in [9.17, 15) is 18.0 Å². The number of amides is 1. The Labute approximate surface area is 187 Å². The second-order valence-corrected chi connectivity index (χ2v) is 8.42. The van der Waals surface area contributed by atoms with Crippen molar-refractivity contribution in [1.82, 2.24) is 15.3 Å². The van der Waals surface area contributed by atoms with Crippen LogP contribution in [-0.4, -0.2) is 45.1 Å². The fourth-order valence-corrected chi connectivity index (χ4v) is 4.48. The molecule has 0 unspecified atom stereocenters. The number of allylic oxidation sites excluding steroid dienone is 3. The smallest absolute Gasteiger partial charge is 0.275 e. The summed E-state index contributed by atoms with van der Waals surface area (Å²) < 4.78 is 48.4. The minimum atomic E-state index is -1.62. The fraction of sp³-hybridized carbons (Fsp3) is 0.333. The van der Waals surface area contributed by atoms with E-state index in [2.05, 4.69) is 32.8 Å². The van der Waals surface area contributed by atoms with Crippen molar-refractivity contribution in [2.24, 2.45) is 16.6 Å². The van der Waals surface area contributed by atoms with Crippen LogP contribution >= 0.6 is 11.8 Å². The highest BCUT2D eigenvalue weighted by molar-refractivity contribution is 8.14. The largest absolute Gasteiger partial charge is 0.463 e. The second-order valence-electron chi connectivity index (χ2n) is 7.16. The zero-order valence-corrected chi connectivity index (χ0v) is 17.9. The van der Waals surface area contributed by atoms with Crippen molar-refractivity contribution >= 4 is 22.8 Å². The van der Waals surface area contributed by atoms with Crippen molar-refractivity contribution in [2.45, 2.75) is 24.1 Å². The first-order valence-corrected chi connectivity index (χ1v) is 10.3. The summed E-state index contributed by atoms with van der Waals surface area (Å²) in [5.41, 5.74) is 3.58. The summed E-state index contributed by atoms with van der Waals surface area (Å²) in [4.78, 5) is 24.0. The highest BCUT2D eigenvalue weighted by Gasteiger charge is 2.59. The Kier molecular flexibility index (Phi) is 6.93. The number of nitrogens with zero attached hydrogens (tertiary/aromatic N) is 3. The normalized spacial score (nSPS) is 25.0. The van der Waals surface area contributed by atoms with Gasteiger partial charge in [0.1, 0.15) is 17.9 Å². The number of carbonyl (C=O) groups is 1. The van der Waals surface area contributed by atoms with Gasteiger partial charge in [-0.3, -0.25) is 4.79 Å². The molecule has 3 atom stereocenters. The Hall–Kier alpha value is -3.26. The van der Waals surface area contributed by atoms with Crippen LogP contribution in [0.5, 0.6) is 5.88 Å². The van der Waals surface area contributed by atoms with Gasteiger partial charge in [0, 0.05) is 22.4 Å². The summed E-state index contributed by atoms with van der Waals surface area (Å²) in [7, 11) is 0. The number of ether oxygens (including phenoxy) is 1. The molecule has 0 spiro atoms. The Bertz CT molecular complexity index is 1060. The maximum atomic E-state index is 14.8. The van der Waals surface area contributed by atoms with E-state index in [1.54, 1.807) is 0 Å². The Morgan fingerprint density at radius 3 is 2.88 bits per heavy atom. The van der Waals surface area contributed by atoms with Crippen LogP contribution in [0.3, 0.4) is 0 Å². The molecule has 1 fully saturated rings. The molecule has 1 aromatic heterocycles. The number of carbonyl (C=O) groups excluding carboxylic acids is 1. The van der Waals surface area contributed by atoms with Crippen molar-refractivity contribution in [2.75, 3.05) is 13.3 Å². The van der Waals surface area contributed by atoms with Gasteiger partial charge in [-0.05, 0) is 19.4 Å². The number of fused-ring (bicyclic) bond motifs is 1. The van der Waals surface area contributed by atoms with E-state index in [1.807, 2.05) is 0 Å². The van der Waals surface area contributed by atoms with Gasteiger partial charge in [-0.1, -0.05) is 24.3 Å². The zero-order chi connectivity index (χ0) is 23.5. The van der Waals surface area contributed by atoms with Crippen LogP contribution < -0.4 is 15.8 Å². The number of rotatable bonds is 8. The minimum absolute atomic E-state index is 0.00757. The third-order valence-electron chi connectivity index (χ3n) is 4.95. The quantitative estimate of drug-likeness (QED) is 0.454. The first kappa shape index (κ1) is 23.4. The number of alkyl halides is 1. The molecule has 0 saturated heterocycles. The predicted molar refractivity (Wildman–Crippen MR) is 116 cm³/mol. The Balaban J connectivity index is 1.72. The average Bonchev–Trinajstić information content (AvgIpc) is 3.55. The first-order valence-electron chi connectivity index (χ1n) is 9.42. The van der Waals surface area contributed by atoms with E-state index < -0.39 is 35.3 Å². The van der Waals surface area contributed by atoms with Gasteiger partial charge >= 0.3 is 0 Å². The maximum absolute atomic E-state index is 14.8. The summed E-state index contributed by atoms with van der Waals surface area (Å²) in [6, 6.07) is 0. The third-order valence-corrected chi connectivity index (χ3v) is 6.10. The van der Waals surface area contributed by atoms with Crippen molar-refractivity contribution < 1.29 is 22.7 Å². The molecule has 32 heavy (non-hydrogen) atoms. The van der Waals surface area contributed by atoms with Gasteiger partial charge in [-0.2, -0.15) is 0 Å². The number of amidine groups is 1. The number of aromatic nitrogens is 2. The molecule has 1 aliphatic carbocycles. The van der Waals surface area contributed by atoms with Crippen LogP contribution in [0.25, 0.3) is 0 Å². The van der Waals surface area contributed by atoms with Gasteiger partial charge in [0.15, 0.2) is 23.4 Å².